The van der Waals surface area contributed by atoms with Crippen molar-refractivity contribution < 1.29 is 28.7 Å². The van der Waals surface area contributed by atoms with Gasteiger partial charge >= 0.3 is 12.2 Å². The summed E-state index contributed by atoms with van der Waals surface area (Å²) in [6.45, 7) is 6.99. The lowest BCUT2D eigenvalue weighted by atomic mass is 9.98. The maximum absolute atomic E-state index is 14.4. The van der Waals surface area contributed by atoms with Gasteiger partial charge in [-0.3, -0.25) is 9.59 Å². The Morgan fingerprint density at radius 3 is 2.09 bits per heavy atom. The lowest BCUT2D eigenvalue weighted by molar-refractivity contribution is -0.137. The quantitative estimate of drug-likeness (QED) is 0.0888. The SMILES string of the molecule is COC(=O)NC(C(=O)N(Cc1ncc(-c2ccc(-c3ccc4cc(-c5cnc([C@@H]6CC7(CC7)CN6C(=O)[C@@H](NC(=O)OC)C(C)C)[nH]5)ccc4c3)cc2)[nH]1)C1CCC(C)C1)c1ccccc1. The van der Waals surface area contributed by atoms with E-state index in [9.17, 15) is 19.2 Å². The van der Waals surface area contributed by atoms with Crippen LogP contribution in [0.4, 0.5) is 9.59 Å². The molecule has 1 aliphatic heterocycles. The molecule has 4 amide bonds. The van der Waals surface area contributed by atoms with E-state index in [0.29, 0.717) is 23.9 Å². The van der Waals surface area contributed by atoms with Crippen molar-refractivity contribution >= 4 is 34.8 Å². The zero-order valence-electron chi connectivity index (χ0n) is 38.2. The number of nitrogens with zero attached hydrogens (tertiary/aromatic N) is 4. The number of carbonyl (C=O) groups excluding carboxylic acids is 4. The van der Waals surface area contributed by atoms with Crippen LogP contribution in [0, 0.1) is 17.3 Å². The smallest absolute Gasteiger partial charge is 0.407 e. The molecule has 1 spiro atoms. The zero-order valence-corrected chi connectivity index (χ0v) is 38.2. The van der Waals surface area contributed by atoms with Gasteiger partial charge < -0.3 is 39.9 Å². The molecule has 14 nitrogen and oxygen atoms in total. The molecule has 3 unspecified atom stereocenters. The first-order valence-corrected chi connectivity index (χ1v) is 23.0. The lowest BCUT2D eigenvalue weighted by Crippen LogP contribution is -2.51. The van der Waals surface area contributed by atoms with Crippen LogP contribution >= 0.6 is 0 Å². The highest BCUT2D eigenvalue weighted by molar-refractivity contribution is 5.91. The highest BCUT2D eigenvalue weighted by Crippen LogP contribution is 2.58. The number of hydrogen-bond donors (Lipinski definition) is 4. The molecule has 2 saturated carbocycles. The minimum Gasteiger partial charge on any atom is -0.453 e. The Morgan fingerprint density at radius 2 is 1.42 bits per heavy atom. The average Bonchev–Trinajstić information content (AvgIpc) is 3.82. The van der Waals surface area contributed by atoms with Crippen molar-refractivity contribution in [2.45, 2.75) is 90.0 Å². The van der Waals surface area contributed by atoms with Crippen LogP contribution in [0.15, 0.2) is 103 Å². The van der Waals surface area contributed by atoms with Crippen LogP contribution < -0.4 is 10.6 Å². The second kappa shape index (κ2) is 18.5. The third-order valence-corrected chi connectivity index (χ3v) is 13.9. The van der Waals surface area contributed by atoms with Gasteiger partial charge in [-0.1, -0.05) is 99.6 Å². The van der Waals surface area contributed by atoms with Crippen molar-refractivity contribution in [2.75, 3.05) is 20.8 Å². The van der Waals surface area contributed by atoms with Crippen molar-refractivity contribution in [1.29, 1.82) is 0 Å². The fourth-order valence-corrected chi connectivity index (χ4v) is 9.91. The summed E-state index contributed by atoms with van der Waals surface area (Å²) in [5.41, 5.74) is 6.66. The molecule has 4 N–H and O–H groups in total. The molecule has 3 heterocycles. The van der Waals surface area contributed by atoms with E-state index in [1.165, 1.54) is 14.2 Å². The van der Waals surface area contributed by atoms with Gasteiger partial charge in [-0.05, 0) is 101 Å². The summed E-state index contributed by atoms with van der Waals surface area (Å²) in [5.74, 6) is 1.49. The standard InChI is InChI=1S/C52H58N8O6/c1-31(2)45(57-50(63)65-4)48(61)60-30-52(21-22-52)26-43(60)47-54-28-42(56-47)39-19-18-37-24-36(16-17-38(37)25-39)33-12-14-34(15-13-33)41-27-53-44(55-41)29-59(40-20-11-32(3)23-40)49(62)46(58-51(64)66-5)35-9-7-6-8-10-35/h6-10,12-19,24-25,27-28,31-32,40,43,45-46H,11,20-23,26,29-30H2,1-5H3,(H,53,55)(H,54,56)(H,57,63)(H,58,64)/t32?,40?,43-,45-,46?/m0/s1. The molecule has 1 saturated heterocycles. The van der Waals surface area contributed by atoms with Gasteiger partial charge in [0, 0.05) is 18.2 Å². The van der Waals surface area contributed by atoms with Crippen LogP contribution in [0.2, 0.25) is 0 Å². The second-order valence-electron chi connectivity index (χ2n) is 18.8. The Morgan fingerprint density at radius 1 is 0.788 bits per heavy atom. The highest BCUT2D eigenvalue weighted by atomic mass is 16.5. The maximum atomic E-state index is 14.4. The van der Waals surface area contributed by atoms with Crippen LogP contribution in [0.1, 0.15) is 88.6 Å². The molecule has 2 aliphatic carbocycles. The third-order valence-electron chi connectivity index (χ3n) is 13.9. The number of hydrogen-bond acceptors (Lipinski definition) is 8. The fourth-order valence-electron chi connectivity index (χ4n) is 9.91. The van der Waals surface area contributed by atoms with Gasteiger partial charge in [0.25, 0.3) is 5.91 Å². The summed E-state index contributed by atoms with van der Waals surface area (Å²) in [6.07, 6.45) is 8.18. The zero-order chi connectivity index (χ0) is 46.1. The van der Waals surface area contributed by atoms with Gasteiger partial charge in [-0.2, -0.15) is 0 Å². The summed E-state index contributed by atoms with van der Waals surface area (Å²) >= 11 is 0. The number of imidazole rings is 2. The van der Waals surface area contributed by atoms with Crippen LogP contribution in [0.3, 0.4) is 0 Å². The molecule has 14 heteroatoms. The van der Waals surface area contributed by atoms with Crippen LogP contribution in [-0.2, 0) is 25.6 Å². The van der Waals surface area contributed by atoms with Gasteiger partial charge in [-0.15, -0.1) is 0 Å². The maximum Gasteiger partial charge on any atom is 0.407 e. The summed E-state index contributed by atoms with van der Waals surface area (Å²) in [6, 6.07) is 28.7. The number of fused-ring (bicyclic) bond motifs is 1. The number of methoxy groups -OCH3 is 2. The molecule has 3 aliphatic rings. The molecule has 5 atom stereocenters. The van der Waals surface area contributed by atoms with Crippen LogP contribution in [-0.4, -0.2) is 86.6 Å². The van der Waals surface area contributed by atoms with Crippen LogP contribution in [0.25, 0.3) is 44.4 Å². The number of amides is 4. The molecule has 342 valence electrons. The highest BCUT2D eigenvalue weighted by Gasteiger charge is 2.55. The molecule has 66 heavy (non-hydrogen) atoms. The number of aromatic nitrogens is 4. The van der Waals surface area contributed by atoms with E-state index in [4.69, 9.17) is 19.4 Å². The van der Waals surface area contributed by atoms with Gasteiger partial charge in [0.15, 0.2) is 0 Å². The number of benzene rings is 4. The average molecular weight is 891 g/mol. The number of alkyl carbamates (subject to hydrolysis) is 2. The minimum absolute atomic E-state index is 0.0159. The molecule has 3 fully saturated rings. The number of nitrogens with one attached hydrogen (secondary N) is 4. The number of likely N-dealkylation sites (tertiary alicyclic amines) is 1. The van der Waals surface area contributed by atoms with Gasteiger partial charge in [0.2, 0.25) is 5.91 Å². The third kappa shape index (κ3) is 9.27. The van der Waals surface area contributed by atoms with E-state index < -0.39 is 24.3 Å². The fraction of sp³-hybridized carbons (Fsp3) is 0.385. The van der Waals surface area contributed by atoms with Crippen molar-refractivity contribution in [1.82, 2.24) is 40.4 Å². The first-order chi connectivity index (χ1) is 31.9. The van der Waals surface area contributed by atoms with Crippen molar-refractivity contribution in [3.8, 4) is 33.6 Å². The molecule has 9 rings (SSSR count). The molecule has 6 aromatic rings. The first-order valence-electron chi connectivity index (χ1n) is 23.0. The predicted octanol–water partition coefficient (Wildman–Crippen LogP) is 9.34. The Balaban J connectivity index is 0.888. The Labute approximate surface area is 384 Å². The molecule has 0 radical (unpaired) electrons. The topological polar surface area (TPSA) is 175 Å². The normalized spacial score (nSPS) is 19.4. The van der Waals surface area contributed by atoms with E-state index in [0.717, 1.165) is 88.8 Å². The predicted molar refractivity (Wildman–Crippen MR) is 252 cm³/mol. The molecule has 4 aromatic carbocycles. The van der Waals surface area contributed by atoms with E-state index in [1.54, 1.807) is 0 Å². The van der Waals surface area contributed by atoms with E-state index in [2.05, 4.69) is 88.2 Å². The van der Waals surface area contributed by atoms with Gasteiger partial charge in [0.05, 0.1) is 50.6 Å². The number of carbonyl (C=O) groups is 4. The van der Waals surface area contributed by atoms with Gasteiger partial charge in [0.1, 0.15) is 23.7 Å². The van der Waals surface area contributed by atoms with Crippen molar-refractivity contribution in [2.24, 2.45) is 17.3 Å². The number of H-pyrrole nitrogens is 2. The lowest BCUT2D eigenvalue weighted by Gasteiger charge is -2.32. The van der Waals surface area contributed by atoms with E-state index in [-0.39, 0.29) is 41.8 Å². The number of ether oxygens (including phenoxy) is 2. The monoisotopic (exact) mass is 890 g/mol. The number of rotatable bonds is 13. The minimum atomic E-state index is -0.898. The largest absolute Gasteiger partial charge is 0.453 e. The second-order valence-corrected chi connectivity index (χ2v) is 18.8. The number of aromatic amines is 2. The van der Waals surface area contributed by atoms with E-state index >= 15 is 0 Å². The van der Waals surface area contributed by atoms with Gasteiger partial charge in [-0.25, -0.2) is 19.6 Å². The first kappa shape index (κ1) is 44.3. The van der Waals surface area contributed by atoms with Crippen LogP contribution in [0.5, 0.6) is 0 Å². The summed E-state index contributed by atoms with van der Waals surface area (Å²) < 4.78 is 9.74. The molecular weight excluding hydrogens is 833 g/mol. The molecular formula is C52H58N8O6. The Bertz CT molecular complexity index is 2730. The summed E-state index contributed by atoms with van der Waals surface area (Å²) in [4.78, 5) is 73.2. The van der Waals surface area contributed by atoms with E-state index in [1.807, 2.05) is 66.4 Å². The Hall–Kier alpha value is -6.96. The van der Waals surface area contributed by atoms with Crippen molar-refractivity contribution in [3.05, 3.63) is 121 Å². The summed E-state index contributed by atoms with van der Waals surface area (Å²) in [7, 11) is 2.60. The molecule has 0 bridgehead atoms. The summed E-state index contributed by atoms with van der Waals surface area (Å²) in [5, 5.41) is 7.72. The Kier molecular flexibility index (Phi) is 12.4. The molecule has 2 aromatic heterocycles. The van der Waals surface area contributed by atoms with Crippen molar-refractivity contribution in [3.63, 3.8) is 0 Å².